The highest BCUT2D eigenvalue weighted by Gasteiger charge is 2.22. The molecule has 0 aliphatic carbocycles. The van der Waals surface area contributed by atoms with Crippen molar-refractivity contribution in [1.29, 1.82) is 0 Å². The van der Waals surface area contributed by atoms with Gasteiger partial charge in [0.25, 0.3) is 5.69 Å². The Morgan fingerprint density at radius 3 is 2.56 bits per heavy atom. The first-order chi connectivity index (χ1) is 12.9. The van der Waals surface area contributed by atoms with Crippen LogP contribution in [0.3, 0.4) is 0 Å². The van der Waals surface area contributed by atoms with Gasteiger partial charge in [0.2, 0.25) is 5.76 Å². The summed E-state index contributed by atoms with van der Waals surface area (Å²) in [7, 11) is 1.42. The highest BCUT2D eigenvalue weighted by atomic mass is 16.6. The second-order valence-electron chi connectivity index (χ2n) is 5.41. The average Bonchev–Trinajstić information content (AvgIpc) is 3.25. The molecule has 27 heavy (non-hydrogen) atoms. The number of methoxy groups -OCH3 is 1. The van der Waals surface area contributed by atoms with E-state index in [0.29, 0.717) is 11.5 Å². The molecule has 2 heterocycles. The predicted molar refractivity (Wildman–Crippen MR) is 94.2 cm³/mol. The van der Waals surface area contributed by atoms with E-state index in [0.717, 1.165) is 0 Å². The fourth-order valence-electron chi connectivity index (χ4n) is 2.46. The Labute approximate surface area is 151 Å². The number of hydrogen-bond donors (Lipinski definition) is 0. The maximum absolute atomic E-state index is 11.3. The summed E-state index contributed by atoms with van der Waals surface area (Å²) in [5.74, 6) is 0.932. The molecule has 0 aliphatic heterocycles. The third kappa shape index (κ3) is 3.54. The molecule has 3 aromatic rings. The van der Waals surface area contributed by atoms with Crippen LogP contribution in [-0.2, 0) is 0 Å². The van der Waals surface area contributed by atoms with Gasteiger partial charge < -0.3 is 13.7 Å². The molecular formula is C17H13N3O7. The van der Waals surface area contributed by atoms with Crippen molar-refractivity contribution >= 4 is 23.5 Å². The molecule has 2 aromatic heterocycles. The lowest BCUT2D eigenvalue weighted by Gasteiger charge is -2.03. The van der Waals surface area contributed by atoms with Crippen LogP contribution in [0.25, 0.3) is 23.5 Å². The number of rotatable bonds is 6. The Morgan fingerprint density at radius 2 is 1.89 bits per heavy atom. The summed E-state index contributed by atoms with van der Waals surface area (Å²) in [6, 6.07) is 7.55. The van der Waals surface area contributed by atoms with Crippen LogP contribution in [0.5, 0.6) is 5.75 Å². The second kappa shape index (κ2) is 7.12. The molecule has 0 saturated carbocycles. The number of nitrogens with zero attached hydrogens (tertiary/aromatic N) is 3. The lowest BCUT2D eigenvalue weighted by molar-refractivity contribution is -0.386. The monoisotopic (exact) mass is 371 g/mol. The molecule has 0 fully saturated rings. The third-order valence-corrected chi connectivity index (χ3v) is 3.73. The number of aromatic nitrogens is 1. The number of ether oxygens (including phenoxy) is 1. The molecule has 0 saturated heterocycles. The molecule has 0 atom stereocenters. The lowest BCUT2D eigenvalue weighted by atomic mass is 10.1. The van der Waals surface area contributed by atoms with Crippen LogP contribution in [0, 0.1) is 27.2 Å². The Hall–Kier alpha value is -3.95. The van der Waals surface area contributed by atoms with Crippen LogP contribution in [0.1, 0.15) is 17.2 Å². The molecule has 0 unspecified atom stereocenters. The van der Waals surface area contributed by atoms with Gasteiger partial charge in [0.05, 0.1) is 28.6 Å². The third-order valence-electron chi connectivity index (χ3n) is 3.73. The molecule has 10 nitrogen and oxygen atoms in total. The fourth-order valence-corrected chi connectivity index (χ4v) is 2.46. The van der Waals surface area contributed by atoms with Crippen molar-refractivity contribution in [3.63, 3.8) is 0 Å². The van der Waals surface area contributed by atoms with Crippen molar-refractivity contribution in [2.45, 2.75) is 6.92 Å². The molecule has 0 spiro atoms. The maximum Gasteiger partial charge on any atom is 0.338 e. The van der Waals surface area contributed by atoms with Gasteiger partial charge in [-0.2, -0.15) is 0 Å². The minimum atomic E-state index is -0.584. The van der Waals surface area contributed by atoms with E-state index in [4.69, 9.17) is 13.7 Å². The normalized spacial score (nSPS) is 11.0. The number of furan rings is 1. The van der Waals surface area contributed by atoms with Gasteiger partial charge in [-0.25, -0.2) is 0 Å². The van der Waals surface area contributed by atoms with Crippen molar-refractivity contribution in [3.8, 4) is 17.1 Å². The molecule has 138 valence electrons. The van der Waals surface area contributed by atoms with E-state index in [-0.39, 0.29) is 34.2 Å². The zero-order valence-electron chi connectivity index (χ0n) is 14.2. The zero-order valence-corrected chi connectivity index (χ0v) is 14.2. The number of benzene rings is 1. The first-order valence-electron chi connectivity index (χ1n) is 7.62. The lowest BCUT2D eigenvalue weighted by Crippen LogP contribution is -1.93. The predicted octanol–water partition coefficient (Wildman–Crippen LogP) is 4.24. The molecule has 1 aromatic carbocycles. The van der Waals surface area contributed by atoms with E-state index in [1.165, 1.54) is 38.3 Å². The number of nitro groups is 2. The quantitative estimate of drug-likeness (QED) is 0.464. The molecule has 0 amide bonds. The number of nitro benzene ring substituents is 1. The zero-order chi connectivity index (χ0) is 19.6. The van der Waals surface area contributed by atoms with Crippen molar-refractivity contribution in [1.82, 2.24) is 5.16 Å². The van der Waals surface area contributed by atoms with Crippen LogP contribution in [0.2, 0.25) is 0 Å². The summed E-state index contributed by atoms with van der Waals surface area (Å²) in [5, 5.41) is 25.9. The molecule has 3 rings (SSSR count). The SMILES string of the molecule is COc1ccc(-c2ccc(/C=C\c3onc(C)c3[N+](=O)[O-])o2)c([N+](=O)[O-])c1. The van der Waals surface area contributed by atoms with Crippen LogP contribution in [0.15, 0.2) is 39.3 Å². The van der Waals surface area contributed by atoms with E-state index >= 15 is 0 Å². The van der Waals surface area contributed by atoms with Gasteiger partial charge in [0.15, 0.2) is 5.69 Å². The topological polar surface area (TPSA) is 135 Å². The second-order valence-corrected chi connectivity index (χ2v) is 5.41. The van der Waals surface area contributed by atoms with Gasteiger partial charge in [-0.3, -0.25) is 20.2 Å². The van der Waals surface area contributed by atoms with Crippen LogP contribution in [0.4, 0.5) is 11.4 Å². The smallest absolute Gasteiger partial charge is 0.338 e. The van der Waals surface area contributed by atoms with Crippen LogP contribution >= 0.6 is 0 Å². The van der Waals surface area contributed by atoms with Crippen molar-refractivity contribution in [2.24, 2.45) is 0 Å². The summed E-state index contributed by atoms with van der Waals surface area (Å²) in [5.41, 5.74) is 0.0418. The summed E-state index contributed by atoms with van der Waals surface area (Å²) in [6.07, 6.45) is 2.80. The number of aryl methyl sites for hydroxylation is 1. The molecule has 10 heteroatoms. The van der Waals surface area contributed by atoms with Crippen LogP contribution < -0.4 is 4.74 Å². The summed E-state index contributed by atoms with van der Waals surface area (Å²) in [6.45, 7) is 1.47. The molecule has 0 bridgehead atoms. The number of hydrogen-bond acceptors (Lipinski definition) is 8. The summed E-state index contributed by atoms with van der Waals surface area (Å²) < 4.78 is 15.5. The van der Waals surface area contributed by atoms with Gasteiger partial charge in [0.1, 0.15) is 17.3 Å². The minimum absolute atomic E-state index is 0.0223. The van der Waals surface area contributed by atoms with Crippen LogP contribution in [-0.4, -0.2) is 22.1 Å². The van der Waals surface area contributed by atoms with E-state index in [2.05, 4.69) is 5.16 Å². The largest absolute Gasteiger partial charge is 0.497 e. The highest BCUT2D eigenvalue weighted by molar-refractivity contribution is 5.74. The van der Waals surface area contributed by atoms with Gasteiger partial charge in [0, 0.05) is 0 Å². The molecule has 0 aliphatic rings. The van der Waals surface area contributed by atoms with Gasteiger partial charge >= 0.3 is 5.69 Å². The standard InChI is InChI=1S/C17H13N3O7/c1-10-17(20(23)24)16(27-18-10)8-5-11-4-7-15(26-11)13-6-3-12(25-2)9-14(13)19(21)22/h3-9H,1-2H3/b8-5-. The molecule has 0 radical (unpaired) electrons. The van der Waals surface area contributed by atoms with Crippen molar-refractivity contribution in [3.05, 3.63) is 67.8 Å². The summed E-state index contributed by atoms with van der Waals surface area (Å²) >= 11 is 0. The maximum atomic E-state index is 11.3. The summed E-state index contributed by atoms with van der Waals surface area (Å²) in [4.78, 5) is 21.2. The van der Waals surface area contributed by atoms with Crippen molar-refractivity contribution in [2.75, 3.05) is 7.11 Å². The Bertz CT molecular complexity index is 1050. The van der Waals surface area contributed by atoms with E-state index in [1.54, 1.807) is 18.2 Å². The first kappa shape index (κ1) is 17.9. The van der Waals surface area contributed by atoms with Crippen molar-refractivity contribution < 1.29 is 23.5 Å². The molecular weight excluding hydrogens is 358 g/mol. The minimum Gasteiger partial charge on any atom is -0.497 e. The van der Waals surface area contributed by atoms with E-state index < -0.39 is 9.85 Å². The fraction of sp³-hybridized carbons (Fsp3) is 0.118. The van der Waals surface area contributed by atoms with E-state index in [9.17, 15) is 20.2 Å². The van der Waals surface area contributed by atoms with Gasteiger partial charge in [-0.1, -0.05) is 5.16 Å². The Morgan fingerprint density at radius 1 is 1.11 bits per heavy atom. The van der Waals surface area contributed by atoms with E-state index in [1.807, 2.05) is 0 Å². The van der Waals surface area contributed by atoms with Gasteiger partial charge in [-0.05, 0) is 43.3 Å². The Kier molecular flexibility index (Phi) is 4.71. The first-order valence-corrected chi connectivity index (χ1v) is 7.62. The van der Waals surface area contributed by atoms with Gasteiger partial charge in [-0.15, -0.1) is 0 Å². The Balaban J connectivity index is 1.92. The molecule has 0 N–H and O–H groups in total. The average molecular weight is 371 g/mol. The highest BCUT2D eigenvalue weighted by Crippen LogP contribution is 2.34.